The van der Waals surface area contributed by atoms with Crippen LogP contribution in [0.25, 0.3) is 0 Å². The topological polar surface area (TPSA) is 47.0 Å². The molecule has 0 amide bonds. The van der Waals surface area contributed by atoms with E-state index in [0.717, 1.165) is 23.1 Å². The molecule has 92 valence electrons. The van der Waals surface area contributed by atoms with Crippen molar-refractivity contribution in [2.45, 2.75) is 30.5 Å². The normalized spacial score (nSPS) is 20.1. The molecule has 0 aromatic carbocycles. The van der Waals surface area contributed by atoms with Crippen LogP contribution in [-0.4, -0.2) is 24.1 Å². The lowest BCUT2D eigenvalue weighted by Crippen LogP contribution is -2.13. The Labute approximate surface area is 106 Å². The van der Waals surface area contributed by atoms with Gasteiger partial charge in [0.2, 0.25) is 0 Å². The summed E-state index contributed by atoms with van der Waals surface area (Å²) in [7, 11) is 3.68. The fourth-order valence-electron chi connectivity index (χ4n) is 2.31. The highest BCUT2D eigenvalue weighted by molar-refractivity contribution is 7.98. The lowest BCUT2D eigenvalue weighted by Gasteiger charge is -2.15. The molecule has 3 rings (SSSR count). The van der Waals surface area contributed by atoms with Crippen LogP contribution in [0.1, 0.15) is 36.0 Å². The predicted molar refractivity (Wildman–Crippen MR) is 69.1 cm³/mol. The van der Waals surface area contributed by atoms with Crippen molar-refractivity contribution in [3.8, 4) is 0 Å². The largest absolute Gasteiger partial charge is 0.373 e. The molecule has 1 atom stereocenters. The maximum atomic E-state index is 5.56. The Bertz CT molecular complexity index is 434. The van der Waals surface area contributed by atoms with E-state index in [4.69, 9.17) is 9.72 Å². The Morgan fingerprint density at radius 1 is 1.35 bits per heavy atom. The Balaban J connectivity index is 1.99. The van der Waals surface area contributed by atoms with Crippen molar-refractivity contribution in [2.75, 3.05) is 19.5 Å². The van der Waals surface area contributed by atoms with Gasteiger partial charge in [-0.15, -0.1) is 0 Å². The minimum atomic E-state index is 0.0815. The van der Waals surface area contributed by atoms with E-state index in [1.54, 1.807) is 7.11 Å². The van der Waals surface area contributed by atoms with E-state index in [9.17, 15) is 0 Å². The molecular formula is C12H17N3OS. The van der Waals surface area contributed by atoms with Gasteiger partial charge in [-0.25, -0.2) is 9.97 Å². The third kappa shape index (κ3) is 2.02. The van der Waals surface area contributed by atoms with E-state index in [2.05, 4.69) is 10.3 Å². The van der Waals surface area contributed by atoms with Crippen molar-refractivity contribution < 1.29 is 4.74 Å². The monoisotopic (exact) mass is 251 g/mol. The van der Waals surface area contributed by atoms with Gasteiger partial charge < -0.3 is 10.1 Å². The van der Waals surface area contributed by atoms with Gasteiger partial charge in [-0.3, -0.25) is 0 Å². The van der Waals surface area contributed by atoms with Crippen LogP contribution >= 0.6 is 11.8 Å². The van der Waals surface area contributed by atoms with Crippen LogP contribution < -0.4 is 5.32 Å². The Kier molecular flexibility index (Phi) is 2.96. The molecule has 1 aromatic rings. The Morgan fingerprint density at radius 2 is 2.18 bits per heavy atom. The number of nitrogens with one attached hydrogen (secondary N) is 1. The Morgan fingerprint density at radius 3 is 2.82 bits per heavy atom. The Hall–Kier alpha value is -0.810. The molecule has 0 saturated heterocycles. The van der Waals surface area contributed by atoms with Crippen molar-refractivity contribution in [3.05, 3.63) is 17.1 Å². The lowest BCUT2D eigenvalue weighted by molar-refractivity contribution is 0.0771. The zero-order valence-corrected chi connectivity index (χ0v) is 11.0. The molecule has 2 aliphatic rings. The molecule has 1 aliphatic carbocycles. The summed E-state index contributed by atoms with van der Waals surface area (Å²) >= 11 is 1.90. The van der Waals surface area contributed by atoms with Gasteiger partial charge in [-0.1, -0.05) is 0 Å². The SMILES string of the molecule is CNc1nc(C(OC)C2CC2)nc2c1CSC2. The van der Waals surface area contributed by atoms with Crippen LogP contribution in [0.2, 0.25) is 0 Å². The van der Waals surface area contributed by atoms with E-state index in [-0.39, 0.29) is 6.10 Å². The van der Waals surface area contributed by atoms with E-state index in [1.807, 2.05) is 18.8 Å². The summed E-state index contributed by atoms with van der Waals surface area (Å²) in [5.74, 6) is 4.49. The number of fused-ring (bicyclic) bond motifs is 1. The molecule has 0 spiro atoms. The summed E-state index contributed by atoms with van der Waals surface area (Å²) in [6, 6.07) is 0. The molecule has 2 heterocycles. The quantitative estimate of drug-likeness (QED) is 0.890. The summed E-state index contributed by atoms with van der Waals surface area (Å²) in [5.41, 5.74) is 2.46. The number of anilines is 1. The van der Waals surface area contributed by atoms with Crippen molar-refractivity contribution in [3.63, 3.8) is 0 Å². The smallest absolute Gasteiger partial charge is 0.160 e. The van der Waals surface area contributed by atoms with Gasteiger partial charge in [0.25, 0.3) is 0 Å². The van der Waals surface area contributed by atoms with E-state index < -0.39 is 0 Å². The molecule has 1 N–H and O–H groups in total. The highest BCUT2D eigenvalue weighted by atomic mass is 32.2. The third-order valence-electron chi connectivity index (χ3n) is 3.39. The number of hydrogen-bond donors (Lipinski definition) is 1. The second-order valence-electron chi connectivity index (χ2n) is 4.59. The summed E-state index contributed by atoms with van der Waals surface area (Å²) in [4.78, 5) is 9.33. The lowest BCUT2D eigenvalue weighted by atomic mass is 10.2. The first-order chi connectivity index (χ1) is 8.33. The maximum absolute atomic E-state index is 5.56. The first kappa shape index (κ1) is 11.3. The zero-order valence-electron chi connectivity index (χ0n) is 10.2. The molecule has 1 saturated carbocycles. The fraction of sp³-hybridized carbons (Fsp3) is 0.667. The number of thioether (sulfide) groups is 1. The molecule has 5 heteroatoms. The average molecular weight is 251 g/mol. The number of methoxy groups -OCH3 is 1. The second-order valence-corrected chi connectivity index (χ2v) is 5.58. The number of aromatic nitrogens is 2. The molecule has 0 radical (unpaired) electrons. The zero-order chi connectivity index (χ0) is 11.8. The van der Waals surface area contributed by atoms with Crippen molar-refractivity contribution in [1.29, 1.82) is 0 Å². The van der Waals surface area contributed by atoms with Gasteiger partial charge in [0.1, 0.15) is 11.9 Å². The summed E-state index contributed by atoms with van der Waals surface area (Å²) in [5, 5.41) is 3.19. The van der Waals surface area contributed by atoms with Crippen LogP contribution in [-0.2, 0) is 16.2 Å². The van der Waals surface area contributed by atoms with E-state index in [0.29, 0.717) is 5.92 Å². The number of nitrogens with zero attached hydrogens (tertiary/aromatic N) is 2. The van der Waals surface area contributed by atoms with Crippen molar-refractivity contribution in [1.82, 2.24) is 9.97 Å². The average Bonchev–Trinajstić information content (AvgIpc) is 3.06. The molecule has 1 unspecified atom stereocenters. The summed E-state index contributed by atoms with van der Waals surface area (Å²) < 4.78 is 5.56. The molecule has 17 heavy (non-hydrogen) atoms. The van der Waals surface area contributed by atoms with Crippen LogP contribution in [0.4, 0.5) is 5.82 Å². The first-order valence-electron chi connectivity index (χ1n) is 6.01. The second kappa shape index (κ2) is 4.46. The number of hydrogen-bond acceptors (Lipinski definition) is 5. The number of rotatable bonds is 4. The summed E-state index contributed by atoms with van der Waals surface area (Å²) in [6.45, 7) is 0. The van der Waals surface area contributed by atoms with Crippen LogP contribution in [0.15, 0.2) is 0 Å². The molecule has 1 aromatic heterocycles. The van der Waals surface area contributed by atoms with Gasteiger partial charge in [0.05, 0.1) is 5.69 Å². The third-order valence-corrected chi connectivity index (χ3v) is 4.36. The molecule has 1 aliphatic heterocycles. The minimum Gasteiger partial charge on any atom is -0.373 e. The summed E-state index contributed by atoms with van der Waals surface area (Å²) in [6.07, 6.45) is 2.56. The standard InChI is InChI=1S/C12H17N3OS/c1-13-11-8-5-17-6-9(8)14-12(15-11)10(16-2)7-3-4-7/h7,10H,3-6H2,1-2H3,(H,13,14,15). The highest BCUT2D eigenvalue weighted by Gasteiger charge is 2.35. The van der Waals surface area contributed by atoms with E-state index >= 15 is 0 Å². The van der Waals surface area contributed by atoms with Crippen LogP contribution in [0, 0.1) is 5.92 Å². The minimum absolute atomic E-state index is 0.0815. The van der Waals surface area contributed by atoms with Crippen LogP contribution in [0.5, 0.6) is 0 Å². The number of ether oxygens (including phenoxy) is 1. The van der Waals surface area contributed by atoms with Crippen LogP contribution in [0.3, 0.4) is 0 Å². The van der Waals surface area contributed by atoms with Gasteiger partial charge in [-0.05, 0) is 18.8 Å². The van der Waals surface area contributed by atoms with Gasteiger partial charge >= 0.3 is 0 Å². The molecule has 4 nitrogen and oxygen atoms in total. The maximum Gasteiger partial charge on any atom is 0.160 e. The van der Waals surface area contributed by atoms with E-state index in [1.165, 1.54) is 24.1 Å². The molecular weight excluding hydrogens is 234 g/mol. The fourth-order valence-corrected chi connectivity index (χ4v) is 3.35. The van der Waals surface area contributed by atoms with Gasteiger partial charge in [-0.2, -0.15) is 11.8 Å². The highest BCUT2D eigenvalue weighted by Crippen LogP contribution is 2.43. The predicted octanol–water partition coefficient (Wildman–Crippen LogP) is 2.36. The van der Waals surface area contributed by atoms with Gasteiger partial charge in [0, 0.05) is 31.2 Å². The van der Waals surface area contributed by atoms with Crippen molar-refractivity contribution >= 4 is 17.6 Å². The van der Waals surface area contributed by atoms with Gasteiger partial charge in [0.15, 0.2) is 5.82 Å². The molecule has 0 bridgehead atoms. The van der Waals surface area contributed by atoms with Crippen molar-refractivity contribution in [2.24, 2.45) is 5.92 Å². The molecule has 1 fully saturated rings. The first-order valence-corrected chi connectivity index (χ1v) is 7.17.